The van der Waals surface area contributed by atoms with Crippen molar-refractivity contribution in [3.05, 3.63) is 71.8 Å². The first-order chi connectivity index (χ1) is 8.93. The van der Waals surface area contributed by atoms with Gasteiger partial charge in [-0.3, -0.25) is 0 Å². The highest BCUT2D eigenvalue weighted by atomic mass is 14.2. The van der Waals surface area contributed by atoms with E-state index in [1.165, 1.54) is 33.0 Å². The molecular weight excluding hydrogens is 216 g/mol. The summed E-state index contributed by atoms with van der Waals surface area (Å²) in [4.78, 5) is 0. The van der Waals surface area contributed by atoms with Gasteiger partial charge in [0.15, 0.2) is 0 Å². The lowest BCUT2D eigenvalue weighted by Crippen LogP contribution is -2.04. The van der Waals surface area contributed by atoms with Crippen LogP contribution in [-0.4, -0.2) is 0 Å². The van der Waals surface area contributed by atoms with E-state index in [-0.39, 0.29) is 0 Å². The molecule has 0 unspecified atom stereocenters. The fraction of sp³-hybridized carbons (Fsp3) is 0.111. The SMILES string of the molecule is c1ccc2c(c1)CCc1c-2ccc2ccccc12. The van der Waals surface area contributed by atoms with Crippen molar-refractivity contribution in [2.24, 2.45) is 0 Å². The zero-order valence-corrected chi connectivity index (χ0v) is 10.2. The Balaban J connectivity index is 2.09. The summed E-state index contributed by atoms with van der Waals surface area (Å²) in [5, 5.41) is 2.78. The molecule has 0 N–H and O–H groups in total. The number of benzene rings is 3. The van der Waals surface area contributed by atoms with Gasteiger partial charge in [-0.15, -0.1) is 0 Å². The fourth-order valence-electron chi connectivity index (χ4n) is 3.12. The van der Waals surface area contributed by atoms with Gasteiger partial charge in [-0.05, 0) is 45.9 Å². The molecule has 0 nitrogen and oxygen atoms in total. The third-order valence-corrected chi connectivity index (χ3v) is 3.99. The van der Waals surface area contributed by atoms with E-state index in [1.54, 1.807) is 0 Å². The molecule has 86 valence electrons. The van der Waals surface area contributed by atoms with Gasteiger partial charge >= 0.3 is 0 Å². The van der Waals surface area contributed by atoms with Crippen molar-refractivity contribution in [1.29, 1.82) is 0 Å². The summed E-state index contributed by atoms with van der Waals surface area (Å²) < 4.78 is 0. The Kier molecular flexibility index (Phi) is 2.04. The Bertz CT molecular complexity index is 738. The Morgan fingerprint density at radius 2 is 1.44 bits per heavy atom. The van der Waals surface area contributed by atoms with Crippen LogP contribution in [0.2, 0.25) is 0 Å². The molecule has 0 saturated heterocycles. The predicted octanol–water partition coefficient (Wildman–Crippen LogP) is 4.61. The standard InChI is InChI=1S/C18H14/c1-3-7-15-13(5-1)9-11-18-16-8-4-2-6-14(16)10-12-17(15)18/h1-9,11H,10,12H2. The van der Waals surface area contributed by atoms with Crippen LogP contribution in [0.1, 0.15) is 11.1 Å². The molecule has 18 heavy (non-hydrogen) atoms. The van der Waals surface area contributed by atoms with E-state index in [1.807, 2.05) is 0 Å². The average Bonchev–Trinajstić information content (AvgIpc) is 2.46. The van der Waals surface area contributed by atoms with Crippen LogP contribution in [0.5, 0.6) is 0 Å². The van der Waals surface area contributed by atoms with Gasteiger partial charge in [0, 0.05) is 0 Å². The second-order valence-corrected chi connectivity index (χ2v) is 4.97. The molecule has 0 saturated carbocycles. The number of fused-ring (bicyclic) bond motifs is 5. The summed E-state index contributed by atoms with van der Waals surface area (Å²) in [6.07, 6.45) is 2.32. The quantitative estimate of drug-likeness (QED) is 0.529. The van der Waals surface area contributed by atoms with Gasteiger partial charge in [-0.2, -0.15) is 0 Å². The highest BCUT2D eigenvalue weighted by Crippen LogP contribution is 2.37. The van der Waals surface area contributed by atoms with E-state index in [0.29, 0.717) is 0 Å². The fourth-order valence-corrected chi connectivity index (χ4v) is 3.12. The number of hydrogen-bond donors (Lipinski definition) is 0. The van der Waals surface area contributed by atoms with Crippen LogP contribution in [0.15, 0.2) is 60.7 Å². The molecule has 0 radical (unpaired) electrons. The minimum Gasteiger partial charge on any atom is -0.0620 e. The Morgan fingerprint density at radius 3 is 2.44 bits per heavy atom. The van der Waals surface area contributed by atoms with E-state index in [4.69, 9.17) is 0 Å². The normalized spacial score (nSPS) is 13.1. The molecule has 0 fully saturated rings. The van der Waals surface area contributed by atoms with E-state index >= 15 is 0 Å². The summed E-state index contributed by atoms with van der Waals surface area (Å²) in [6.45, 7) is 0. The van der Waals surface area contributed by atoms with Crippen LogP contribution in [0.4, 0.5) is 0 Å². The summed E-state index contributed by atoms with van der Waals surface area (Å²) in [5.41, 5.74) is 5.85. The molecule has 0 amide bonds. The zero-order valence-electron chi connectivity index (χ0n) is 10.2. The van der Waals surface area contributed by atoms with Crippen LogP contribution in [0.3, 0.4) is 0 Å². The molecule has 1 aliphatic carbocycles. The molecule has 0 spiro atoms. The lowest BCUT2D eigenvalue weighted by atomic mass is 9.83. The second kappa shape index (κ2) is 3.71. The Morgan fingerprint density at radius 1 is 0.611 bits per heavy atom. The van der Waals surface area contributed by atoms with Crippen molar-refractivity contribution in [2.45, 2.75) is 12.8 Å². The molecule has 0 aliphatic heterocycles. The summed E-state index contributed by atoms with van der Waals surface area (Å²) in [6, 6.07) is 22.0. The lowest BCUT2D eigenvalue weighted by Gasteiger charge is -2.21. The molecule has 0 atom stereocenters. The molecule has 4 rings (SSSR count). The van der Waals surface area contributed by atoms with Gasteiger partial charge < -0.3 is 0 Å². The molecule has 0 aromatic heterocycles. The second-order valence-electron chi connectivity index (χ2n) is 4.97. The third kappa shape index (κ3) is 1.32. The average molecular weight is 230 g/mol. The van der Waals surface area contributed by atoms with Crippen LogP contribution in [0, 0.1) is 0 Å². The first kappa shape index (κ1) is 9.90. The topological polar surface area (TPSA) is 0 Å². The van der Waals surface area contributed by atoms with Crippen LogP contribution < -0.4 is 0 Å². The number of rotatable bonds is 0. The third-order valence-electron chi connectivity index (χ3n) is 3.99. The van der Waals surface area contributed by atoms with Crippen LogP contribution in [-0.2, 0) is 12.8 Å². The van der Waals surface area contributed by atoms with Crippen molar-refractivity contribution in [3.63, 3.8) is 0 Å². The molecule has 0 heteroatoms. The van der Waals surface area contributed by atoms with Crippen molar-refractivity contribution in [3.8, 4) is 11.1 Å². The van der Waals surface area contributed by atoms with Crippen molar-refractivity contribution in [1.82, 2.24) is 0 Å². The minimum absolute atomic E-state index is 1.16. The molecule has 0 heterocycles. The molecule has 3 aromatic carbocycles. The minimum atomic E-state index is 1.16. The van der Waals surface area contributed by atoms with Crippen molar-refractivity contribution < 1.29 is 0 Å². The molecule has 1 aliphatic rings. The van der Waals surface area contributed by atoms with Crippen LogP contribution in [0.25, 0.3) is 21.9 Å². The zero-order chi connectivity index (χ0) is 11.9. The van der Waals surface area contributed by atoms with E-state index in [9.17, 15) is 0 Å². The van der Waals surface area contributed by atoms with Gasteiger partial charge in [-0.1, -0.05) is 60.7 Å². The lowest BCUT2D eigenvalue weighted by molar-refractivity contribution is 0.951. The highest BCUT2D eigenvalue weighted by Gasteiger charge is 2.16. The van der Waals surface area contributed by atoms with Gasteiger partial charge in [0.25, 0.3) is 0 Å². The van der Waals surface area contributed by atoms with Crippen LogP contribution >= 0.6 is 0 Å². The van der Waals surface area contributed by atoms with Crippen molar-refractivity contribution in [2.75, 3.05) is 0 Å². The summed E-state index contributed by atoms with van der Waals surface area (Å²) >= 11 is 0. The number of hydrogen-bond acceptors (Lipinski definition) is 0. The predicted molar refractivity (Wildman–Crippen MR) is 76.8 cm³/mol. The maximum absolute atomic E-state index is 2.29. The van der Waals surface area contributed by atoms with Gasteiger partial charge in [0.2, 0.25) is 0 Å². The monoisotopic (exact) mass is 230 g/mol. The molecular formula is C18H14. The van der Waals surface area contributed by atoms with Gasteiger partial charge in [0.1, 0.15) is 0 Å². The highest BCUT2D eigenvalue weighted by molar-refractivity contribution is 5.93. The van der Waals surface area contributed by atoms with Gasteiger partial charge in [-0.25, -0.2) is 0 Å². The van der Waals surface area contributed by atoms with E-state index < -0.39 is 0 Å². The summed E-state index contributed by atoms with van der Waals surface area (Å²) in [5.74, 6) is 0. The Labute approximate surface area is 107 Å². The van der Waals surface area contributed by atoms with Gasteiger partial charge in [0.05, 0.1) is 0 Å². The molecule has 3 aromatic rings. The van der Waals surface area contributed by atoms with E-state index in [2.05, 4.69) is 60.7 Å². The maximum atomic E-state index is 2.29. The molecule has 0 bridgehead atoms. The smallest absolute Gasteiger partial charge is 0.0143 e. The van der Waals surface area contributed by atoms with Crippen molar-refractivity contribution >= 4 is 10.8 Å². The van der Waals surface area contributed by atoms with E-state index in [0.717, 1.165) is 12.8 Å². The first-order valence-electron chi connectivity index (χ1n) is 6.52. The summed E-state index contributed by atoms with van der Waals surface area (Å²) in [7, 11) is 0. The Hall–Kier alpha value is -2.08. The first-order valence-corrected chi connectivity index (χ1v) is 6.52. The maximum Gasteiger partial charge on any atom is -0.0143 e. The number of aryl methyl sites for hydroxylation is 2. The largest absolute Gasteiger partial charge is 0.0620 e.